The number of imide groups is 1. The van der Waals surface area contributed by atoms with Gasteiger partial charge in [-0.05, 0) is 43.7 Å². The highest BCUT2D eigenvalue weighted by molar-refractivity contribution is 6.43. The van der Waals surface area contributed by atoms with Gasteiger partial charge in [-0.25, -0.2) is 4.79 Å². The minimum absolute atomic E-state index is 0.0740. The molecule has 4 amide bonds. The number of urea groups is 1. The summed E-state index contributed by atoms with van der Waals surface area (Å²) in [6.45, 7) is 2.12. The summed E-state index contributed by atoms with van der Waals surface area (Å²) in [5, 5.41) is 3.78. The van der Waals surface area contributed by atoms with E-state index < -0.39 is 23.4 Å². The van der Waals surface area contributed by atoms with Gasteiger partial charge >= 0.3 is 6.03 Å². The third kappa shape index (κ3) is 2.84. The van der Waals surface area contributed by atoms with Crippen molar-refractivity contribution in [3.63, 3.8) is 0 Å². The van der Waals surface area contributed by atoms with Crippen molar-refractivity contribution in [3.8, 4) is 0 Å². The number of amides is 4. The average Bonchev–Trinajstić information content (AvgIpc) is 2.77. The summed E-state index contributed by atoms with van der Waals surface area (Å²) in [6.07, 6.45) is 2.86. The second-order valence-electron chi connectivity index (χ2n) is 6.38. The zero-order chi connectivity index (χ0) is 17.5. The van der Waals surface area contributed by atoms with Gasteiger partial charge in [-0.15, -0.1) is 0 Å². The standard InChI is InChI=1S/C16H17Cl2N3O3/c1-9-5-7-16(8-6-9)14(23)21(15(24)19-16)20-13(22)10-3-2-4-11(17)12(10)18/h2-4,9H,5-8H2,1H3,(H,19,24)(H,20,22). The molecule has 128 valence electrons. The van der Waals surface area contributed by atoms with Crippen molar-refractivity contribution in [2.75, 3.05) is 0 Å². The van der Waals surface area contributed by atoms with Crippen LogP contribution in [-0.2, 0) is 4.79 Å². The molecule has 6 nitrogen and oxygen atoms in total. The lowest BCUT2D eigenvalue weighted by molar-refractivity contribution is -0.134. The Morgan fingerprint density at radius 2 is 1.96 bits per heavy atom. The number of halogens is 2. The van der Waals surface area contributed by atoms with Gasteiger partial charge in [0.25, 0.3) is 11.8 Å². The number of nitrogens with zero attached hydrogens (tertiary/aromatic N) is 1. The lowest BCUT2D eigenvalue weighted by atomic mass is 9.77. The Labute approximate surface area is 149 Å². The molecule has 1 saturated heterocycles. The summed E-state index contributed by atoms with van der Waals surface area (Å²) in [5.74, 6) is -0.563. The number of hydrazine groups is 1. The van der Waals surface area contributed by atoms with Crippen LogP contribution in [0.15, 0.2) is 18.2 Å². The minimum Gasteiger partial charge on any atom is -0.322 e. The molecule has 1 aliphatic heterocycles. The second-order valence-corrected chi connectivity index (χ2v) is 7.16. The maximum atomic E-state index is 12.7. The quantitative estimate of drug-likeness (QED) is 0.785. The molecule has 1 aromatic carbocycles. The summed E-state index contributed by atoms with van der Waals surface area (Å²) in [5.41, 5.74) is 1.53. The summed E-state index contributed by atoms with van der Waals surface area (Å²) in [4.78, 5) is 37.2. The molecule has 1 aliphatic carbocycles. The number of hydrogen-bond acceptors (Lipinski definition) is 3. The predicted octanol–water partition coefficient (Wildman–Crippen LogP) is 3.14. The summed E-state index contributed by atoms with van der Waals surface area (Å²) >= 11 is 11.9. The lowest BCUT2D eigenvalue weighted by Crippen LogP contribution is -2.51. The molecule has 1 aromatic rings. The van der Waals surface area contributed by atoms with Crippen LogP contribution in [0.25, 0.3) is 0 Å². The highest BCUT2D eigenvalue weighted by Gasteiger charge is 2.53. The van der Waals surface area contributed by atoms with E-state index in [9.17, 15) is 14.4 Å². The van der Waals surface area contributed by atoms with E-state index in [1.165, 1.54) is 6.07 Å². The van der Waals surface area contributed by atoms with Gasteiger partial charge in [-0.3, -0.25) is 15.0 Å². The van der Waals surface area contributed by atoms with Crippen LogP contribution in [0.5, 0.6) is 0 Å². The van der Waals surface area contributed by atoms with Crippen molar-refractivity contribution < 1.29 is 14.4 Å². The van der Waals surface area contributed by atoms with Crippen molar-refractivity contribution in [1.29, 1.82) is 0 Å². The summed E-state index contributed by atoms with van der Waals surface area (Å²) in [6, 6.07) is 3.96. The van der Waals surface area contributed by atoms with Crippen LogP contribution in [0.1, 0.15) is 43.0 Å². The fourth-order valence-electron chi connectivity index (χ4n) is 3.16. The van der Waals surface area contributed by atoms with Crippen LogP contribution in [0, 0.1) is 5.92 Å². The maximum absolute atomic E-state index is 12.7. The first-order valence-electron chi connectivity index (χ1n) is 7.76. The van der Waals surface area contributed by atoms with Gasteiger partial charge in [0.1, 0.15) is 5.54 Å². The first-order chi connectivity index (χ1) is 11.3. The molecule has 2 fully saturated rings. The Bertz CT molecular complexity index is 715. The van der Waals surface area contributed by atoms with E-state index in [0.717, 1.165) is 17.9 Å². The molecule has 2 aliphatic rings. The third-order valence-electron chi connectivity index (χ3n) is 4.70. The van der Waals surface area contributed by atoms with Crippen LogP contribution in [0.2, 0.25) is 10.0 Å². The van der Waals surface area contributed by atoms with Gasteiger partial charge in [0.2, 0.25) is 0 Å². The molecule has 1 saturated carbocycles. The van der Waals surface area contributed by atoms with Crippen LogP contribution < -0.4 is 10.7 Å². The van der Waals surface area contributed by atoms with Gasteiger partial charge < -0.3 is 5.32 Å². The highest BCUT2D eigenvalue weighted by Crippen LogP contribution is 2.36. The van der Waals surface area contributed by atoms with Crippen molar-refractivity contribution in [2.24, 2.45) is 5.92 Å². The molecule has 1 spiro atoms. The Balaban J connectivity index is 1.78. The molecule has 0 bridgehead atoms. The van der Waals surface area contributed by atoms with Gasteiger partial charge in [0.15, 0.2) is 0 Å². The molecule has 24 heavy (non-hydrogen) atoms. The zero-order valence-corrected chi connectivity index (χ0v) is 14.6. The molecule has 1 heterocycles. The molecule has 0 atom stereocenters. The molecule has 0 aromatic heterocycles. The molecular formula is C16H17Cl2N3O3. The van der Waals surface area contributed by atoms with Crippen molar-refractivity contribution >= 4 is 41.0 Å². The number of rotatable bonds is 2. The van der Waals surface area contributed by atoms with Crippen molar-refractivity contribution in [1.82, 2.24) is 15.8 Å². The topological polar surface area (TPSA) is 78.5 Å². The van der Waals surface area contributed by atoms with Crippen LogP contribution in [-0.4, -0.2) is 28.4 Å². The minimum atomic E-state index is -0.908. The van der Waals surface area contributed by atoms with Gasteiger partial charge in [0, 0.05) is 0 Å². The largest absolute Gasteiger partial charge is 0.344 e. The predicted molar refractivity (Wildman–Crippen MR) is 89.7 cm³/mol. The molecule has 2 N–H and O–H groups in total. The van der Waals surface area contributed by atoms with E-state index in [1.807, 2.05) is 0 Å². The number of hydrogen-bond donors (Lipinski definition) is 2. The molecule has 8 heteroatoms. The molecule has 0 radical (unpaired) electrons. The van der Waals surface area contributed by atoms with Gasteiger partial charge in [-0.1, -0.05) is 36.2 Å². The zero-order valence-electron chi connectivity index (χ0n) is 13.1. The molecule has 3 rings (SSSR count). The third-order valence-corrected chi connectivity index (χ3v) is 5.52. The van der Waals surface area contributed by atoms with E-state index in [0.29, 0.717) is 18.8 Å². The lowest BCUT2D eigenvalue weighted by Gasteiger charge is -2.33. The number of nitrogens with one attached hydrogen (secondary N) is 2. The van der Waals surface area contributed by atoms with Gasteiger partial charge in [0.05, 0.1) is 15.6 Å². The van der Waals surface area contributed by atoms with E-state index in [1.54, 1.807) is 12.1 Å². The normalized spacial score (nSPS) is 26.6. The van der Waals surface area contributed by atoms with E-state index in [-0.39, 0.29) is 15.6 Å². The average molecular weight is 370 g/mol. The molecule has 0 unspecified atom stereocenters. The Morgan fingerprint density at radius 3 is 2.62 bits per heavy atom. The second kappa shape index (κ2) is 6.26. The smallest absolute Gasteiger partial charge is 0.322 e. The van der Waals surface area contributed by atoms with Crippen molar-refractivity contribution in [2.45, 2.75) is 38.1 Å². The van der Waals surface area contributed by atoms with E-state index >= 15 is 0 Å². The van der Waals surface area contributed by atoms with Crippen molar-refractivity contribution in [3.05, 3.63) is 33.8 Å². The summed E-state index contributed by atoms with van der Waals surface area (Å²) in [7, 11) is 0. The number of carbonyl (C=O) groups is 3. The van der Waals surface area contributed by atoms with Gasteiger partial charge in [-0.2, -0.15) is 5.01 Å². The fourth-order valence-corrected chi connectivity index (χ4v) is 3.54. The Morgan fingerprint density at radius 1 is 1.29 bits per heavy atom. The molecular weight excluding hydrogens is 353 g/mol. The highest BCUT2D eigenvalue weighted by atomic mass is 35.5. The van der Waals surface area contributed by atoms with Crippen LogP contribution in [0.4, 0.5) is 4.79 Å². The van der Waals surface area contributed by atoms with E-state index in [4.69, 9.17) is 23.2 Å². The van der Waals surface area contributed by atoms with Crippen LogP contribution >= 0.6 is 23.2 Å². The van der Waals surface area contributed by atoms with E-state index in [2.05, 4.69) is 17.7 Å². The SMILES string of the molecule is CC1CCC2(CC1)NC(=O)N(NC(=O)c1cccc(Cl)c1Cl)C2=O. The number of benzene rings is 1. The Hall–Kier alpha value is -1.79. The first kappa shape index (κ1) is 17.0. The monoisotopic (exact) mass is 369 g/mol. The Kier molecular flexibility index (Phi) is 4.44. The van der Waals surface area contributed by atoms with Crippen LogP contribution in [0.3, 0.4) is 0 Å². The first-order valence-corrected chi connectivity index (χ1v) is 8.51. The summed E-state index contributed by atoms with van der Waals surface area (Å²) < 4.78 is 0. The number of carbonyl (C=O) groups excluding carboxylic acids is 3. The maximum Gasteiger partial charge on any atom is 0.344 e. The fraction of sp³-hybridized carbons (Fsp3) is 0.438.